The molecule has 7 heteroatoms. The number of nitrogens with zero attached hydrogens (tertiary/aromatic N) is 1. The summed E-state index contributed by atoms with van der Waals surface area (Å²) in [5.41, 5.74) is 0.0904. The number of halogens is 1. The summed E-state index contributed by atoms with van der Waals surface area (Å²) in [7, 11) is 1.37. The van der Waals surface area contributed by atoms with Gasteiger partial charge >= 0.3 is 11.9 Å². The first-order valence-corrected chi connectivity index (χ1v) is 8.21. The first kappa shape index (κ1) is 18.1. The number of ether oxygens (including phenoxy) is 2. The van der Waals surface area contributed by atoms with Crippen LogP contribution in [0, 0.1) is 5.41 Å². The summed E-state index contributed by atoms with van der Waals surface area (Å²) in [6.45, 7) is 7.38. The highest BCUT2D eigenvalue weighted by molar-refractivity contribution is 9.10. The first-order valence-electron chi connectivity index (χ1n) is 6.54. The van der Waals surface area contributed by atoms with Crippen LogP contribution in [0.3, 0.4) is 0 Å². The van der Waals surface area contributed by atoms with E-state index >= 15 is 0 Å². The molecule has 0 amide bonds. The fraction of sp³-hybridized carbons (Fsp3) is 0.643. The van der Waals surface area contributed by atoms with Crippen molar-refractivity contribution in [3.05, 3.63) is 16.1 Å². The number of rotatable bonds is 6. The Morgan fingerprint density at radius 2 is 1.95 bits per heavy atom. The summed E-state index contributed by atoms with van der Waals surface area (Å²) in [6.07, 6.45) is 0.447. The normalized spacial score (nSPS) is 14.4. The summed E-state index contributed by atoms with van der Waals surface area (Å²) in [5.74, 6) is -0.665. The fourth-order valence-electron chi connectivity index (χ4n) is 1.76. The highest BCUT2D eigenvalue weighted by Gasteiger charge is 2.38. The Balaban J connectivity index is 2.91. The molecule has 0 radical (unpaired) electrons. The Morgan fingerprint density at radius 3 is 2.48 bits per heavy atom. The lowest BCUT2D eigenvalue weighted by Gasteiger charge is -2.20. The molecule has 0 aliphatic carbocycles. The maximum atomic E-state index is 11.9. The third-order valence-electron chi connectivity index (χ3n) is 2.97. The fourth-order valence-corrected chi connectivity index (χ4v) is 3.10. The molecule has 0 spiro atoms. The lowest BCUT2D eigenvalue weighted by molar-refractivity contribution is -0.150. The van der Waals surface area contributed by atoms with Crippen LogP contribution in [-0.2, 0) is 29.8 Å². The molecule has 1 aromatic heterocycles. The zero-order chi connectivity index (χ0) is 16.3. The van der Waals surface area contributed by atoms with Crippen molar-refractivity contribution >= 4 is 39.2 Å². The number of aromatic nitrogens is 1. The van der Waals surface area contributed by atoms with Crippen molar-refractivity contribution in [3.63, 3.8) is 0 Å². The molecule has 0 saturated carbocycles. The van der Waals surface area contributed by atoms with Crippen LogP contribution in [0.4, 0.5) is 0 Å². The molecule has 1 rings (SSSR count). The zero-order valence-corrected chi connectivity index (χ0v) is 15.3. The van der Waals surface area contributed by atoms with Gasteiger partial charge in [-0.25, -0.2) is 4.98 Å². The highest BCUT2D eigenvalue weighted by atomic mass is 79.9. The number of carbonyl (C=O) groups is 2. The molecule has 0 aromatic carbocycles. The molecule has 0 aliphatic heterocycles. The molecule has 1 atom stereocenters. The molecule has 0 fully saturated rings. The maximum absolute atomic E-state index is 11.9. The highest BCUT2D eigenvalue weighted by Crippen LogP contribution is 2.35. The topological polar surface area (TPSA) is 65.5 Å². The lowest BCUT2D eigenvalue weighted by Crippen LogP contribution is -2.29. The second-order valence-corrected chi connectivity index (χ2v) is 7.86. The van der Waals surface area contributed by atoms with E-state index < -0.39 is 9.74 Å². The van der Waals surface area contributed by atoms with E-state index in [1.54, 1.807) is 27.7 Å². The largest absolute Gasteiger partial charge is 0.469 e. The van der Waals surface area contributed by atoms with E-state index in [-0.39, 0.29) is 11.9 Å². The van der Waals surface area contributed by atoms with Gasteiger partial charge in [-0.05, 0) is 27.7 Å². The Bertz CT molecular complexity index is 525. The van der Waals surface area contributed by atoms with Crippen molar-refractivity contribution in [2.75, 3.05) is 13.7 Å². The summed E-state index contributed by atoms with van der Waals surface area (Å²) in [5, 5.41) is 2.45. The van der Waals surface area contributed by atoms with E-state index in [1.807, 2.05) is 5.38 Å². The van der Waals surface area contributed by atoms with Crippen molar-refractivity contribution in [3.8, 4) is 0 Å². The molecular formula is C14H20BrNO4S. The number of alkyl halides is 1. The quantitative estimate of drug-likeness (QED) is 0.562. The van der Waals surface area contributed by atoms with Crippen molar-refractivity contribution in [2.24, 2.45) is 5.41 Å². The lowest BCUT2D eigenvalue weighted by atomic mass is 9.88. The molecular weight excluding hydrogens is 358 g/mol. The van der Waals surface area contributed by atoms with Gasteiger partial charge in [0.05, 0.1) is 24.8 Å². The molecule has 21 heavy (non-hydrogen) atoms. The van der Waals surface area contributed by atoms with Gasteiger partial charge in [-0.15, -0.1) is 11.3 Å². The van der Waals surface area contributed by atoms with Gasteiger partial charge in [0.2, 0.25) is 0 Å². The number of thiazole rings is 1. The molecule has 1 unspecified atom stereocenters. The standard InChI is InChI=1S/C14H20BrNO4S/c1-6-20-12(18)14(4,15)10-16-9(8-21-10)7-13(2,3)11(17)19-5/h8H,6-7H2,1-5H3. The molecule has 0 saturated heterocycles. The number of methoxy groups -OCH3 is 1. The van der Waals surface area contributed by atoms with Crippen LogP contribution in [-0.4, -0.2) is 30.6 Å². The third-order valence-corrected chi connectivity index (χ3v) is 5.05. The van der Waals surface area contributed by atoms with Gasteiger partial charge in [-0.2, -0.15) is 0 Å². The Labute approximate surface area is 137 Å². The predicted molar refractivity (Wildman–Crippen MR) is 84.5 cm³/mol. The van der Waals surface area contributed by atoms with E-state index in [9.17, 15) is 9.59 Å². The number of hydrogen-bond donors (Lipinski definition) is 0. The third kappa shape index (κ3) is 4.26. The van der Waals surface area contributed by atoms with Crippen LogP contribution >= 0.6 is 27.3 Å². The van der Waals surface area contributed by atoms with Crippen LogP contribution in [0.5, 0.6) is 0 Å². The maximum Gasteiger partial charge on any atom is 0.329 e. The van der Waals surface area contributed by atoms with Crippen molar-refractivity contribution in [2.45, 2.75) is 38.4 Å². The summed E-state index contributed by atoms with van der Waals surface area (Å²) in [4.78, 5) is 28.1. The van der Waals surface area contributed by atoms with Gasteiger partial charge in [-0.1, -0.05) is 15.9 Å². The molecule has 0 N–H and O–H groups in total. The Kier molecular flexibility index (Phi) is 5.92. The van der Waals surface area contributed by atoms with Crippen molar-refractivity contribution in [1.82, 2.24) is 4.98 Å². The molecule has 1 aromatic rings. The van der Waals surface area contributed by atoms with Gasteiger partial charge in [0.25, 0.3) is 0 Å². The minimum atomic E-state index is -0.971. The first-order chi connectivity index (χ1) is 9.65. The molecule has 118 valence electrons. The van der Waals surface area contributed by atoms with Crippen LogP contribution in [0.25, 0.3) is 0 Å². The second kappa shape index (κ2) is 6.87. The molecule has 1 heterocycles. The van der Waals surface area contributed by atoms with Crippen molar-refractivity contribution in [1.29, 1.82) is 0 Å². The minimum Gasteiger partial charge on any atom is -0.469 e. The monoisotopic (exact) mass is 377 g/mol. The van der Waals surface area contributed by atoms with Crippen molar-refractivity contribution < 1.29 is 19.1 Å². The number of carbonyl (C=O) groups excluding carboxylic acids is 2. The van der Waals surface area contributed by atoms with Gasteiger partial charge in [0.15, 0.2) is 4.32 Å². The van der Waals surface area contributed by atoms with E-state index in [0.29, 0.717) is 18.0 Å². The average molecular weight is 378 g/mol. The minimum absolute atomic E-state index is 0.288. The van der Waals surface area contributed by atoms with Crippen LogP contribution in [0.1, 0.15) is 38.4 Å². The SMILES string of the molecule is CCOC(=O)C(C)(Br)c1nc(CC(C)(C)C(=O)OC)cs1. The number of hydrogen-bond acceptors (Lipinski definition) is 6. The molecule has 5 nitrogen and oxygen atoms in total. The van der Waals surface area contributed by atoms with Gasteiger partial charge in [-0.3, -0.25) is 9.59 Å². The van der Waals surface area contributed by atoms with E-state index in [1.165, 1.54) is 18.4 Å². The van der Waals surface area contributed by atoms with Gasteiger partial charge < -0.3 is 9.47 Å². The number of esters is 2. The molecule has 0 aliphatic rings. The van der Waals surface area contributed by atoms with Gasteiger partial charge in [0, 0.05) is 11.8 Å². The smallest absolute Gasteiger partial charge is 0.329 e. The zero-order valence-electron chi connectivity index (χ0n) is 12.9. The Morgan fingerprint density at radius 1 is 1.33 bits per heavy atom. The van der Waals surface area contributed by atoms with Crippen LogP contribution < -0.4 is 0 Å². The average Bonchev–Trinajstić information content (AvgIpc) is 2.86. The summed E-state index contributed by atoms with van der Waals surface area (Å²) < 4.78 is 8.85. The van der Waals surface area contributed by atoms with Gasteiger partial charge in [0.1, 0.15) is 5.01 Å². The Hall–Kier alpha value is -0.950. The second-order valence-electron chi connectivity index (χ2n) is 5.42. The summed E-state index contributed by atoms with van der Waals surface area (Å²) in [6, 6.07) is 0. The molecule has 0 bridgehead atoms. The van der Waals surface area contributed by atoms with E-state index in [4.69, 9.17) is 9.47 Å². The predicted octanol–water partition coefficient (Wildman–Crippen LogP) is 3.06. The van der Waals surface area contributed by atoms with Crippen LogP contribution in [0.15, 0.2) is 5.38 Å². The van der Waals surface area contributed by atoms with Crippen LogP contribution in [0.2, 0.25) is 0 Å². The van der Waals surface area contributed by atoms with E-state index in [0.717, 1.165) is 5.69 Å². The van der Waals surface area contributed by atoms with E-state index in [2.05, 4.69) is 20.9 Å². The summed E-state index contributed by atoms with van der Waals surface area (Å²) >= 11 is 4.73.